The van der Waals surface area contributed by atoms with E-state index >= 15 is 0 Å². The molecule has 1 heterocycles. The summed E-state index contributed by atoms with van der Waals surface area (Å²) in [7, 11) is 1.31. The minimum atomic E-state index is -0.447. The lowest BCUT2D eigenvalue weighted by molar-refractivity contribution is -0.116. The third-order valence-corrected chi connectivity index (χ3v) is 2.22. The van der Waals surface area contributed by atoms with Gasteiger partial charge in [-0.25, -0.2) is 9.78 Å². The number of primary amides is 1. The smallest absolute Gasteiger partial charge is 0.338 e. The van der Waals surface area contributed by atoms with Crippen LogP contribution in [0.4, 0.5) is 5.82 Å². The normalized spacial score (nSPS) is 9.76. The Morgan fingerprint density at radius 2 is 2.24 bits per heavy atom. The number of hydrogen-bond acceptors (Lipinski definition) is 5. The van der Waals surface area contributed by atoms with Crippen LogP contribution in [0.25, 0.3) is 0 Å². The number of methoxy groups -OCH3 is 1. The van der Waals surface area contributed by atoms with Crippen molar-refractivity contribution < 1.29 is 14.3 Å². The molecule has 0 unspecified atom stereocenters. The van der Waals surface area contributed by atoms with Crippen molar-refractivity contribution in [2.75, 3.05) is 25.1 Å². The molecular formula is C11H15N3O3. The molecule has 17 heavy (non-hydrogen) atoms. The van der Waals surface area contributed by atoms with E-state index in [0.717, 1.165) is 0 Å². The number of likely N-dealkylation sites (N-methyl/N-ethyl adjacent to an activating group) is 1. The molecule has 0 saturated carbocycles. The number of aromatic nitrogens is 1. The average Bonchev–Trinajstić information content (AvgIpc) is 2.34. The summed E-state index contributed by atoms with van der Waals surface area (Å²) in [6.45, 7) is 2.50. The Morgan fingerprint density at radius 3 is 2.76 bits per heavy atom. The summed E-state index contributed by atoms with van der Waals surface area (Å²) in [6.07, 6.45) is 1.49. The molecule has 0 atom stereocenters. The number of pyridine rings is 1. The average molecular weight is 237 g/mol. The van der Waals surface area contributed by atoms with Crippen molar-refractivity contribution in [3.8, 4) is 0 Å². The highest BCUT2D eigenvalue weighted by atomic mass is 16.5. The molecule has 1 rings (SSSR count). The standard InChI is InChI=1S/C11H15N3O3/c1-3-14(7-9(12)15)10-6-8(4-5-13-10)11(16)17-2/h4-6H,3,7H2,1-2H3,(H2,12,15). The summed E-state index contributed by atoms with van der Waals surface area (Å²) >= 11 is 0. The Balaban J connectivity index is 2.96. The molecule has 0 saturated heterocycles. The zero-order valence-corrected chi connectivity index (χ0v) is 9.84. The van der Waals surface area contributed by atoms with Crippen LogP contribution >= 0.6 is 0 Å². The van der Waals surface area contributed by atoms with E-state index in [4.69, 9.17) is 5.73 Å². The first-order valence-electron chi connectivity index (χ1n) is 5.16. The van der Waals surface area contributed by atoms with Gasteiger partial charge >= 0.3 is 5.97 Å². The molecule has 6 nitrogen and oxygen atoms in total. The molecule has 1 amide bonds. The topological polar surface area (TPSA) is 85.5 Å². The SMILES string of the molecule is CCN(CC(N)=O)c1cc(C(=O)OC)ccn1. The lowest BCUT2D eigenvalue weighted by Gasteiger charge is -2.20. The van der Waals surface area contributed by atoms with Gasteiger partial charge in [-0.1, -0.05) is 0 Å². The van der Waals surface area contributed by atoms with E-state index in [1.54, 1.807) is 17.0 Å². The molecule has 0 aliphatic rings. The molecule has 6 heteroatoms. The second-order valence-electron chi connectivity index (χ2n) is 3.37. The number of amides is 1. The maximum atomic E-state index is 11.3. The minimum Gasteiger partial charge on any atom is -0.465 e. The van der Waals surface area contributed by atoms with Crippen LogP contribution in [0.3, 0.4) is 0 Å². The van der Waals surface area contributed by atoms with Crippen molar-refractivity contribution in [1.82, 2.24) is 4.98 Å². The Morgan fingerprint density at radius 1 is 1.53 bits per heavy atom. The van der Waals surface area contributed by atoms with E-state index in [1.165, 1.54) is 13.3 Å². The van der Waals surface area contributed by atoms with Gasteiger partial charge in [0.2, 0.25) is 5.91 Å². The van der Waals surface area contributed by atoms with Crippen molar-refractivity contribution in [2.45, 2.75) is 6.92 Å². The number of carbonyl (C=O) groups excluding carboxylic acids is 2. The number of hydrogen-bond donors (Lipinski definition) is 1. The molecule has 0 bridgehead atoms. The zero-order chi connectivity index (χ0) is 12.8. The predicted molar refractivity (Wildman–Crippen MR) is 62.7 cm³/mol. The fourth-order valence-electron chi connectivity index (χ4n) is 1.38. The molecule has 0 aliphatic carbocycles. The largest absolute Gasteiger partial charge is 0.465 e. The molecule has 0 aromatic carbocycles. The molecule has 2 N–H and O–H groups in total. The van der Waals surface area contributed by atoms with E-state index in [2.05, 4.69) is 9.72 Å². The molecule has 1 aromatic rings. The van der Waals surface area contributed by atoms with Gasteiger partial charge < -0.3 is 15.4 Å². The van der Waals surface area contributed by atoms with Crippen LogP contribution in [-0.4, -0.2) is 37.1 Å². The number of ether oxygens (including phenoxy) is 1. The number of nitrogens with two attached hydrogens (primary N) is 1. The van der Waals surface area contributed by atoms with E-state index in [0.29, 0.717) is 17.9 Å². The number of carbonyl (C=O) groups is 2. The Bertz CT molecular complexity index is 420. The summed E-state index contributed by atoms with van der Waals surface area (Å²) in [5, 5.41) is 0. The second-order valence-corrected chi connectivity index (χ2v) is 3.37. The Labute approximate surface area is 99.4 Å². The fraction of sp³-hybridized carbons (Fsp3) is 0.364. The first-order valence-corrected chi connectivity index (χ1v) is 5.16. The van der Waals surface area contributed by atoms with E-state index in [1.807, 2.05) is 6.92 Å². The molecule has 92 valence electrons. The van der Waals surface area contributed by atoms with Crippen LogP contribution in [0.5, 0.6) is 0 Å². The Kier molecular flexibility index (Phi) is 4.45. The van der Waals surface area contributed by atoms with Gasteiger partial charge in [0.15, 0.2) is 0 Å². The van der Waals surface area contributed by atoms with Crippen molar-refractivity contribution >= 4 is 17.7 Å². The summed E-state index contributed by atoms with van der Waals surface area (Å²) in [4.78, 5) is 28.0. The van der Waals surface area contributed by atoms with Crippen LogP contribution in [0.2, 0.25) is 0 Å². The Hall–Kier alpha value is -2.11. The summed E-state index contributed by atoms with van der Waals surface area (Å²) in [5.41, 5.74) is 5.52. The maximum absolute atomic E-state index is 11.3. The number of esters is 1. The highest BCUT2D eigenvalue weighted by Gasteiger charge is 2.12. The molecule has 1 aromatic heterocycles. The van der Waals surface area contributed by atoms with Gasteiger partial charge in [-0.15, -0.1) is 0 Å². The van der Waals surface area contributed by atoms with Crippen molar-refractivity contribution in [2.24, 2.45) is 5.73 Å². The first kappa shape index (κ1) is 13.0. The van der Waals surface area contributed by atoms with Gasteiger partial charge in [0, 0.05) is 12.7 Å². The van der Waals surface area contributed by atoms with Crippen LogP contribution in [0.15, 0.2) is 18.3 Å². The van der Waals surface area contributed by atoms with Crippen LogP contribution < -0.4 is 10.6 Å². The zero-order valence-electron chi connectivity index (χ0n) is 9.84. The van der Waals surface area contributed by atoms with Crippen LogP contribution in [0.1, 0.15) is 17.3 Å². The lowest BCUT2D eigenvalue weighted by atomic mass is 10.2. The van der Waals surface area contributed by atoms with Crippen LogP contribution in [-0.2, 0) is 9.53 Å². The monoisotopic (exact) mass is 237 g/mol. The number of anilines is 1. The summed E-state index contributed by atoms with van der Waals surface area (Å²) < 4.78 is 4.61. The molecule has 0 radical (unpaired) electrons. The highest BCUT2D eigenvalue weighted by molar-refractivity contribution is 5.90. The molecule has 0 spiro atoms. The fourth-order valence-corrected chi connectivity index (χ4v) is 1.38. The predicted octanol–water partition coefficient (Wildman–Crippen LogP) is 0.180. The van der Waals surface area contributed by atoms with E-state index in [-0.39, 0.29) is 6.54 Å². The second kappa shape index (κ2) is 5.83. The quantitative estimate of drug-likeness (QED) is 0.738. The number of rotatable bonds is 5. The van der Waals surface area contributed by atoms with Gasteiger partial charge in [0.1, 0.15) is 5.82 Å². The minimum absolute atomic E-state index is 0.0636. The molecule has 0 fully saturated rings. The lowest BCUT2D eigenvalue weighted by Crippen LogP contribution is -2.34. The third kappa shape index (κ3) is 3.44. The summed E-state index contributed by atoms with van der Waals surface area (Å²) in [6, 6.07) is 3.12. The summed E-state index contributed by atoms with van der Waals surface area (Å²) in [5.74, 6) is -0.366. The highest BCUT2D eigenvalue weighted by Crippen LogP contribution is 2.12. The van der Waals surface area contributed by atoms with Gasteiger partial charge in [-0.2, -0.15) is 0 Å². The third-order valence-electron chi connectivity index (χ3n) is 2.22. The molecule has 0 aliphatic heterocycles. The van der Waals surface area contributed by atoms with Gasteiger partial charge in [-0.3, -0.25) is 4.79 Å². The van der Waals surface area contributed by atoms with E-state index in [9.17, 15) is 9.59 Å². The van der Waals surface area contributed by atoms with Crippen LogP contribution in [0, 0.1) is 0 Å². The number of nitrogens with zero attached hydrogens (tertiary/aromatic N) is 2. The van der Waals surface area contributed by atoms with Crippen molar-refractivity contribution in [3.05, 3.63) is 23.9 Å². The van der Waals surface area contributed by atoms with Gasteiger partial charge in [0.05, 0.1) is 19.2 Å². The maximum Gasteiger partial charge on any atom is 0.338 e. The van der Waals surface area contributed by atoms with Crippen molar-refractivity contribution in [1.29, 1.82) is 0 Å². The van der Waals surface area contributed by atoms with Gasteiger partial charge in [-0.05, 0) is 19.1 Å². The molecular weight excluding hydrogens is 222 g/mol. The van der Waals surface area contributed by atoms with Gasteiger partial charge in [0.25, 0.3) is 0 Å². The van der Waals surface area contributed by atoms with Crippen molar-refractivity contribution in [3.63, 3.8) is 0 Å². The van der Waals surface area contributed by atoms with E-state index < -0.39 is 11.9 Å². The first-order chi connectivity index (χ1) is 8.08.